The summed E-state index contributed by atoms with van der Waals surface area (Å²) in [7, 11) is 0. The molecule has 0 saturated carbocycles. The molecule has 0 fully saturated rings. The number of hydrogen-bond donors (Lipinski definition) is 0. The van der Waals surface area contributed by atoms with E-state index >= 15 is 0 Å². The number of halogens is 3. The van der Waals surface area contributed by atoms with Gasteiger partial charge in [-0.15, -0.1) is 11.3 Å². The summed E-state index contributed by atoms with van der Waals surface area (Å²) in [6.07, 6.45) is 2.91. The highest BCUT2D eigenvalue weighted by Gasteiger charge is 2.06. The van der Waals surface area contributed by atoms with Crippen LogP contribution in [0.5, 0.6) is 0 Å². The van der Waals surface area contributed by atoms with Gasteiger partial charge in [0.1, 0.15) is 22.5 Å². The molecule has 0 saturated heterocycles. The van der Waals surface area contributed by atoms with Crippen molar-refractivity contribution in [2.75, 3.05) is 0 Å². The highest BCUT2D eigenvalue weighted by Crippen LogP contribution is 2.24. The topological polar surface area (TPSA) is 12.9 Å². The maximum absolute atomic E-state index is 13.5. The quantitative estimate of drug-likeness (QED) is 0.630. The third kappa shape index (κ3) is 3.09. The molecule has 0 N–H and O–H groups in total. The fraction of sp³-hybridized carbons (Fsp3) is 0. The Bertz CT molecular complexity index is 802. The van der Waals surface area contributed by atoms with Gasteiger partial charge in [0.25, 0.3) is 0 Å². The second-order valence-corrected chi connectivity index (χ2v) is 5.44. The molecule has 0 amide bonds. The van der Waals surface area contributed by atoms with Crippen molar-refractivity contribution >= 4 is 23.5 Å². The molecule has 22 heavy (non-hydrogen) atoms. The van der Waals surface area contributed by atoms with E-state index in [9.17, 15) is 13.2 Å². The fourth-order valence-corrected chi connectivity index (χ4v) is 2.66. The zero-order valence-electron chi connectivity index (χ0n) is 11.3. The Hall–Kier alpha value is -2.40. The molecule has 110 valence electrons. The first-order valence-corrected chi connectivity index (χ1v) is 7.35. The fourth-order valence-electron chi connectivity index (χ4n) is 1.94. The van der Waals surface area contributed by atoms with E-state index in [0.29, 0.717) is 10.7 Å². The summed E-state index contributed by atoms with van der Waals surface area (Å²) < 4.78 is 39.9. The minimum Gasteiger partial charge on any atom is -0.237 e. The Labute approximate surface area is 129 Å². The first-order chi connectivity index (χ1) is 10.6. The molecule has 0 spiro atoms. The van der Waals surface area contributed by atoms with Crippen molar-refractivity contribution in [3.05, 3.63) is 75.9 Å². The normalized spacial score (nSPS) is 11.2. The number of rotatable bonds is 3. The van der Waals surface area contributed by atoms with E-state index in [1.54, 1.807) is 18.2 Å². The number of aromatic nitrogens is 1. The predicted octanol–water partition coefficient (Wildman–Crippen LogP) is 5.40. The molecule has 1 nitrogen and oxygen atoms in total. The Morgan fingerprint density at radius 2 is 1.55 bits per heavy atom. The van der Waals surface area contributed by atoms with Gasteiger partial charge in [0.05, 0.1) is 5.69 Å². The number of hydrogen-bond acceptors (Lipinski definition) is 2. The summed E-state index contributed by atoms with van der Waals surface area (Å²) in [6.45, 7) is 0. The van der Waals surface area contributed by atoms with Crippen LogP contribution in [0.15, 0.2) is 47.8 Å². The van der Waals surface area contributed by atoms with Gasteiger partial charge in [-0.2, -0.15) is 0 Å². The second-order valence-electron chi connectivity index (χ2n) is 4.55. The maximum Gasteiger partial charge on any atom is 0.133 e. The van der Waals surface area contributed by atoms with Gasteiger partial charge in [-0.1, -0.05) is 6.07 Å². The van der Waals surface area contributed by atoms with E-state index in [2.05, 4.69) is 4.98 Å². The van der Waals surface area contributed by atoms with Crippen LogP contribution >= 0.6 is 11.3 Å². The molecule has 3 aromatic rings. The molecule has 0 bridgehead atoms. The summed E-state index contributed by atoms with van der Waals surface area (Å²) in [5, 5.41) is 2.42. The van der Waals surface area contributed by atoms with Crippen LogP contribution in [0.25, 0.3) is 23.4 Å². The minimum atomic E-state index is -0.619. The molecule has 0 radical (unpaired) electrons. The third-order valence-corrected chi connectivity index (χ3v) is 3.86. The standard InChI is InChI=1S/C17H10F3NS/c18-12-6-4-11(5-7-12)16-10-22-17(21-16)9-8-13-14(19)2-1-3-15(13)20/h1-10H. The highest BCUT2D eigenvalue weighted by atomic mass is 32.1. The molecule has 0 aliphatic heterocycles. The van der Waals surface area contributed by atoms with Crippen LogP contribution in [0.3, 0.4) is 0 Å². The van der Waals surface area contributed by atoms with Crippen molar-refractivity contribution < 1.29 is 13.2 Å². The van der Waals surface area contributed by atoms with Crippen molar-refractivity contribution in [1.82, 2.24) is 4.98 Å². The lowest BCUT2D eigenvalue weighted by atomic mass is 10.2. The minimum absolute atomic E-state index is 0.0963. The Balaban J connectivity index is 1.85. The monoisotopic (exact) mass is 317 g/mol. The first-order valence-electron chi connectivity index (χ1n) is 6.47. The molecule has 1 aromatic heterocycles. The molecule has 0 atom stereocenters. The van der Waals surface area contributed by atoms with Gasteiger partial charge in [-0.3, -0.25) is 0 Å². The van der Waals surface area contributed by atoms with E-state index < -0.39 is 11.6 Å². The summed E-state index contributed by atoms with van der Waals surface area (Å²) >= 11 is 1.34. The zero-order chi connectivity index (χ0) is 15.5. The zero-order valence-corrected chi connectivity index (χ0v) is 12.1. The van der Waals surface area contributed by atoms with E-state index in [0.717, 1.165) is 5.56 Å². The third-order valence-electron chi connectivity index (χ3n) is 3.05. The first kappa shape index (κ1) is 14.5. The van der Waals surface area contributed by atoms with E-state index in [1.807, 2.05) is 5.38 Å². The van der Waals surface area contributed by atoms with Gasteiger partial charge in [0.2, 0.25) is 0 Å². The van der Waals surface area contributed by atoms with Crippen LogP contribution in [0.2, 0.25) is 0 Å². The average molecular weight is 317 g/mol. The molecule has 2 aromatic carbocycles. The summed E-state index contributed by atoms with van der Waals surface area (Å²) in [5.41, 5.74) is 1.38. The molecule has 1 heterocycles. The van der Waals surface area contributed by atoms with E-state index in [1.165, 1.54) is 47.7 Å². The van der Waals surface area contributed by atoms with Gasteiger partial charge < -0.3 is 0 Å². The number of benzene rings is 2. The maximum atomic E-state index is 13.5. The predicted molar refractivity (Wildman–Crippen MR) is 82.8 cm³/mol. The SMILES string of the molecule is Fc1ccc(-c2csc(C=Cc3c(F)cccc3F)n2)cc1. The molecular weight excluding hydrogens is 307 g/mol. The van der Waals surface area contributed by atoms with Crippen molar-refractivity contribution in [3.8, 4) is 11.3 Å². The van der Waals surface area contributed by atoms with Crippen molar-refractivity contribution in [2.45, 2.75) is 0 Å². The molecule has 0 unspecified atom stereocenters. The van der Waals surface area contributed by atoms with Gasteiger partial charge in [-0.05, 0) is 48.6 Å². The van der Waals surface area contributed by atoms with Gasteiger partial charge >= 0.3 is 0 Å². The largest absolute Gasteiger partial charge is 0.237 e. The summed E-state index contributed by atoms with van der Waals surface area (Å²) in [6, 6.07) is 9.71. The van der Waals surface area contributed by atoms with Crippen molar-refractivity contribution in [3.63, 3.8) is 0 Å². The van der Waals surface area contributed by atoms with Gasteiger partial charge in [0.15, 0.2) is 0 Å². The van der Waals surface area contributed by atoms with Crippen molar-refractivity contribution in [2.24, 2.45) is 0 Å². The van der Waals surface area contributed by atoms with E-state index in [-0.39, 0.29) is 11.4 Å². The van der Waals surface area contributed by atoms with E-state index in [4.69, 9.17) is 0 Å². The molecular formula is C17H10F3NS. The Morgan fingerprint density at radius 1 is 0.864 bits per heavy atom. The molecule has 0 aliphatic rings. The molecule has 0 aliphatic carbocycles. The summed E-state index contributed by atoms with van der Waals surface area (Å²) in [4.78, 5) is 4.35. The number of thiazole rings is 1. The lowest BCUT2D eigenvalue weighted by Crippen LogP contribution is -1.86. The molecule has 5 heteroatoms. The Kier molecular flexibility index (Phi) is 4.06. The van der Waals surface area contributed by atoms with Crippen LogP contribution in [0.4, 0.5) is 13.2 Å². The Morgan fingerprint density at radius 3 is 2.23 bits per heavy atom. The highest BCUT2D eigenvalue weighted by molar-refractivity contribution is 7.10. The van der Waals surface area contributed by atoms with Crippen LogP contribution in [-0.4, -0.2) is 4.98 Å². The van der Waals surface area contributed by atoms with Gasteiger partial charge in [-0.25, -0.2) is 18.2 Å². The van der Waals surface area contributed by atoms with Crippen LogP contribution in [0, 0.1) is 17.5 Å². The summed E-state index contributed by atoms with van der Waals surface area (Å²) in [5.74, 6) is -1.55. The lowest BCUT2D eigenvalue weighted by molar-refractivity contribution is 0.579. The lowest BCUT2D eigenvalue weighted by Gasteiger charge is -1.97. The smallest absolute Gasteiger partial charge is 0.133 e. The van der Waals surface area contributed by atoms with Crippen LogP contribution in [-0.2, 0) is 0 Å². The van der Waals surface area contributed by atoms with Crippen LogP contribution < -0.4 is 0 Å². The second kappa shape index (κ2) is 6.15. The average Bonchev–Trinajstić information content (AvgIpc) is 2.96. The number of nitrogens with zero attached hydrogens (tertiary/aromatic N) is 1. The van der Waals surface area contributed by atoms with Crippen molar-refractivity contribution in [1.29, 1.82) is 0 Å². The van der Waals surface area contributed by atoms with Crippen LogP contribution in [0.1, 0.15) is 10.6 Å². The molecule has 3 rings (SSSR count). The van der Waals surface area contributed by atoms with Gasteiger partial charge in [0, 0.05) is 16.5 Å².